The Balaban J connectivity index is 3.06. The Kier molecular flexibility index (Phi) is 4.46. The molecule has 1 rings (SSSR count). The number of ether oxygens (including phenoxy) is 1. The van der Waals surface area contributed by atoms with Crippen LogP contribution in [-0.2, 0) is 9.53 Å². The number of anilines is 1. The second-order valence-corrected chi connectivity index (χ2v) is 3.31. The highest BCUT2D eigenvalue weighted by Crippen LogP contribution is 2.22. The molecule has 0 fully saturated rings. The van der Waals surface area contributed by atoms with Gasteiger partial charge in [-0.25, -0.2) is 4.39 Å². The molecule has 1 aromatic rings. The molecule has 0 amide bonds. The predicted octanol–water partition coefficient (Wildman–Crippen LogP) is 2.50. The monoisotopic (exact) mass is 235 g/mol. The van der Waals surface area contributed by atoms with Crippen molar-refractivity contribution >= 4 is 11.7 Å². The normalized spacial score (nSPS) is 9.53. The molecule has 1 aromatic carbocycles. The Morgan fingerprint density at radius 1 is 1.53 bits per heavy atom. The summed E-state index contributed by atoms with van der Waals surface area (Å²) in [5.74, 6) is -0.907. The summed E-state index contributed by atoms with van der Waals surface area (Å²) in [6.07, 6.45) is 1.45. The van der Waals surface area contributed by atoms with E-state index in [1.807, 2.05) is 0 Å². The molecule has 0 aliphatic heterocycles. The number of hydrogen-bond donors (Lipinski definition) is 0. The van der Waals surface area contributed by atoms with Crippen molar-refractivity contribution in [1.29, 1.82) is 0 Å². The van der Waals surface area contributed by atoms with E-state index >= 15 is 0 Å². The van der Waals surface area contributed by atoms with Gasteiger partial charge in [0, 0.05) is 5.70 Å². The first-order valence-electron chi connectivity index (χ1n) is 5.00. The van der Waals surface area contributed by atoms with Crippen LogP contribution in [0.2, 0.25) is 0 Å². The third kappa shape index (κ3) is 3.17. The number of carbonyl (C=O) groups excluding carboxylic acids is 1. The summed E-state index contributed by atoms with van der Waals surface area (Å²) in [7, 11) is 1.28. The number of carbonyl (C=O) groups is 1. The molecule has 3 nitrogen and oxygen atoms in total. The fraction of sp³-hybridized carbons (Fsp3) is 0.154. The van der Waals surface area contributed by atoms with Gasteiger partial charge in [0.2, 0.25) is 0 Å². The fourth-order valence-corrected chi connectivity index (χ4v) is 1.32. The van der Waals surface area contributed by atoms with Crippen LogP contribution >= 0.6 is 0 Å². The van der Waals surface area contributed by atoms with E-state index in [1.165, 1.54) is 24.2 Å². The van der Waals surface area contributed by atoms with E-state index < -0.39 is 11.8 Å². The average Bonchev–Trinajstić information content (AvgIpc) is 2.35. The highest BCUT2D eigenvalue weighted by molar-refractivity contribution is 5.77. The minimum absolute atomic E-state index is 0.109. The molecular weight excluding hydrogens is 221 g/mol. The lowest BCUT2D eigenvalue weighted by atomic mass is 10.2. The minimum atomic E-state index is -0.476. The van der Waals surface area contributed by atoms with Crippen LogP contribution in [0.3, 0.4) is 0 Å². The zero-order valence-corrected chi connectivity index (χ0v) is 9.65. The smallest absolute Gasteiger partial charge is 0.325 e. The molecule has 0 radical (unpaired) electrons. The molecule has 0 spiro atoms. The molecule has 90 valence electrons. The summed E-state index contributed by atoms with van der Waals surface area (Å²) in [5, 5.41) is 0. The Labute approximate surface area is 99.8 Å². The van der Waals surface area contributed by atoms with Gasteiger partial charge >= 0.3 is 5.97 Å². The molecule has 0 aliphatic rings. The number of methoxy groups -OCH3 is 1. The third-order valence-electron chi connectivity index (χ3n) is 2.24. The molecule has 0 saturated carbocycles. The summed E-state index contributed by atoms with van der Waals surface area (Å²) in [6.45, 7) is 7.16. The molecule has 0 bridgehead atoms. The van der Waals surface area contributed by atoms with Crippen molar-refractivity contribution in [1.82, 2.24) is 0 Å². The zero-order valence-electron chi connectivity index (χ0n) is 9.65. The second-order valence-electron chi connectivity index (χ2n) is 3.31. The maximum atomic E-state index is 13.6. The van der Waals surface area contributed by atoms with Gasteiger partial charge in [-0.1, -0.05) is 25.3 Å². The number of esters is 1. The summed E-state index contributed by atoms with van der Waals surface area (Å²) in [4.78, 5) is 12.7. The lowest BCUT2D eigenvalue weighted by Gasteiger charge is -2.24. The molecule has 17 heavy (non-hydrogen) atoms. The largest absolute Gasteiger partial charge is 0.468 e. The number of benzene rings is 1. The van der Waals surface area contributed by atoms with Crippen LogP contribution in [0.5, 0.6) is 0 Å². The molecule has 0 aromatic heterocycles. The second kappa shape index (κ2) is 5.84. The Morgan fingerprint density at radius 2 is 2.18 bits per heavy atom. The van der Waals surface area contributed by atoms with Crippen molar-refractivity contribution in [3.05, 3.63) is 55.0 Å². The molecule has 0 heterocycles. The quantitative estimate of drug-likeness (QED) is 0.580. The van der Waals surface area contributed by atoms with Gasteiger partial charge in [0.05, 0.1) is 12.8 Å². The van der Waals surface area contributed by atoms with Gasteiger partial charge < -0.3 is 9.64 Å². The number of nitrogens with zero attached hydrogens (tertiary/aromatic N) is 1. The highest BCUT2D eigenvalue weighted by atomic mass is 19.1. The van der Waals surface area contributed by atoms with Gasteiger partial charge in [0.25, 0.3) is 0 Å². The molecule has 0 N–H and O–H groups in total. The van der Waals surface area contributed by atoms with Crippen LogP contribution in [0.4, 0.5) is 10.1 Å². The van der Waals surface area contributed by atoms with E-state index in [0.29, 0.717) is 5.70 Å². The minimum Gasteiger partial charge on any atom is -0.468 e. The van der Waals surface area contributed by atoms with Crippen molar-refractivity contribution in [3.63, 3.8) is 0 Å². The van der Waals surface area contributed by atoms with Crippen LogP contribution in [0.25, 0.3) is 0 Å². The first-order chi connectivity index (χ1) is 8.10. The number of rotatable bonds is 5. The number of hydrogen-bond acceptors (Lipinski definition) is 3. The summed E-state index contributed by atoms with van der Waals surface area (Å²) in [5.41, 5.74) is 0.698. The first kappa shape index (κ1) is 13.0. The Hall–Kier alpha value is -2.10. The van der Waals surface area contributed by atoms with Crippen LogP contribution in [0.15, 0.2) is 49.2 Å². The molecule has 0 saturated heterocycles. The average molecular weight is 235 g/mol. The van der Waals surface area contributed by atoms with E-state index in [9.17, 15) is 9.18 Å². The fourth-order valence-electron chi connectivity index (χ4n) is 1.32. The summed E-state index contributed by atoms with van der Waals surface area (Å²) in [6, 6.07) is 6.13. The van der Waals surface area contributed by atoms with Gasteiger partial charge in [-0.2, -0.15) is 0 Å². The van der Waals surface area contributed by atoms with Crippen LogP contribution < -0.4 is 4.90 Å². The first-order valence-corrected chi connectivity index (χ1v) is 5.00. The molecule has 0 unspecified atom stereocenters. The SMILES string of the molecule is C=CC(=C)N(CC(=O)OC)c1ccccc1F. The number of allylic oxidation sites excluding steroid dienone is 1. The predicted molar refractivity (Wildman–Crippen MR) is 65.1 cm³/mol. The van der Waals surface area contributed by atoms with Crippen molar-refractivity contribution < 1.29 is 13.9 Å². The maximum Gasteiger partial charge on any atom is 0.325 e. The van der Waals surface area contributed by atoms with Crippen molar-refractivity contribution in [2.75, 3.05) is 18.6 Å². The van der Waals surface area contributed by atoms with E-state index in [0.717, 1.165) is 0 Å². The van der Waals surface area contributed by atoms with Gasteiger partial charge in [0.1, 0.15) is 12.4 Å². The van der Waals surface area contributed by atoms with E-state index in [-0.39, 0.29) is 12.2 Å². The lowest BCUT2D eigenvalue weighted by molar-refractivity contribution is -0.138. The Bertz CT molecular complexity index is 443. The van der Waals surface area contributed by atoms with Crippen molar-refractivity contribution in [3.8, 4) is 0 Å². The highest BCUT2D eigenvalue weighted by Gasteiger charge is 2.16. The molecular formula is C13H14FNO2. The molecule has 4 heteroatoms. The number of para-hydroxylation sites is 1. The lowest BCUT2D eigenvalue weighted by Crippen LogP contribution is -2.29. The topological polar surface area (TPSA) is 29.5 Å². The van der Waals surface area contributed by atoms with Gasteiger partial charge in [0.15, 0.2) is 0 Å². The zero-order chi connectivity index (χ0) is 12.8. The van der Waals surface area contributed by atoms with Crippen molar-refractivity contribution in [2.45, 2.75) is 0 Å². The van der Waals surface area contributed by atoms with Crippen LogP contribution in [0, 0.1) is 5.82 Å². The summed E-state index contributed by atoms with van der Waals surface area (Å²) >= 11 is 0. The van der Waals surface area contributed by atoms with Gasteiger partial charge in [-0.05, 0) is 18.2 Å². The van der Waals surface area contributed by atoms with Gasteiger partial charge in [-0.3, -0.25) is 4.79 Å². The Morgan fingerprint density at radius 3 is 2.71 bits per heavy atom. The standard InChI is InChI=1S/C13H14FNO2/c1-4-10(2)15(9-13(16)17-3)12-8-6-5-7-11(12)14/h4-8H,1-2,9H2,3H3. The van der Waals surface area contributed by atoms with Crippen LogP contribution in [0.1, 0.15) is 0 Å². The summed E-state index contributed by atoms with van der Waals surface area (Å²) < 4.78 is 18.2. The maximum absolute atomic E-state index is 13.6. The third-order valence-corrected chi connectivity index (χ3v) is 2.24. The van der Waals surface area contributed by atoms with Crippen molar-refractivity contribution in [2.24, 2.45) is 0 Å². The van der Waals surface area contributed by atoms with Crippen LogP contribution in [-0.4, -0.2) is 19.6 Å². The molecule has 0 atom stereocenters. The number of halogens is 1. The van der Waals surface area contributed by atoms with E-state index in [1.54, 1.807) is 18.2 Å². The van der Waals surface area contributed by atoms with E-state index in [4.69, 9.17) is 0 Å². The molecule has 0 aliphatic carbocycles. The van der Waals surface area contributed by atoms with Gasteiger partial charge in [-0.15, -0.1) is 0 Å². The van der Waals surface area contributed by atoms with E-state index in [2.05, 4.69) is 17.9 Å².